The number of thiophene rings is 1. The Labute approximate surface area is 116 Å². The van der Waals surface area contributed by atoms with Gasteiger partial charge in [-0.15, -0.1) is 11.3 Å². The Morgan fingerprint density at radius 1 is 0.895 bits per heavy atom. The second kappa shape index (κ2) is 4.28. The Balaban J connectivity index is 2.37. The van der Waals surface area contributed by atoms with Gasteiger partial charge in [0.1, 0.15) is 5.00 Å². The van der Waals surface area contributed by atoms with Gasteiger partial charge in [0, 0.05) is 10.1 Å². The summed E-state index contributed by atoms with van der Waals surface area (Å²) in [5.41, 5.74) is 17.8. The van der Waals surface area contributed by atoms with E-state index in [1.54, 1.807) is 11.3 Å². The number of nitrogen functional groups attached to an aromatic ring is 2. The molecule has 3 heteroatoms. The summed E-state index contributed by atoms with van der Waals surface area (Å²) in [6, 6.07) is 12.6. The van der Waals surface area contributed by atoms with Crippen molar-refractivity contribution < 1.29 is 0 Å². The van der Waals surface area contributed by atoms with Crippen molar-refractivity contribution in [2.75, 3.05) is 11.5 Å². The number of benzene rings is 2. The van der Waals surface area contributed by atoms with Crippen molar-refractivity contribution in [2.45, 2.75) is 13.8 Å². The van der Waals surface area contributed by atoms with Crippen molar-refractivity contribution in [3.63, 3.8) is 0 Å². The highest BCUT2D eigenvalue weighted by Crippen LogP contribution is 2.42. The lowest BCUT2D eigenvalue weighted by Crippen LogP contribution is -1.89. The summed E-state index contributed by atoms with van der Waals surface area (Å²) in [4.78, 5) is 0. The Morgan fingerprint density at radius 3 is 2.37 bits per heavy atom. The van der Waals surface area contributed by atoms with Crippen LogP contribution in [0.1, 0.15) is 11.1 Å². The number of nitrogens with two attached hydrogens (primary N) is 2. The van der Waals surface area contributed by atoms with E-state index in [0.717, 1.165) is 5.39 Å². The molecule has 0 unspecified atom stereocenters. The van der Waals surface area contributed by atoms with Gasteiger partial charge in [0.05, 0.1) is 5.69 Å². The van der Waals surface area contributed by atoms with Crippen LogP contribution >= 0.6 is 11.3 Å². The van der Waals surface area contributed by atoms with Gasteiger partial charge in [0.25, 0.3) is 0 Å². The van der Waals surface area contributed by atoms with Gasteiger partial charge in [-0.3, -0.25) is 0 Å². The largest absolute Gasteiger partial charge is 0.396 e. The maximum atomic E-state index is 6.04. The molecule has 4 N–H and O–H groups in total. The van der Waals surface area contributed by atoms with Crippen molar-refractivity contribution in [3.05, 3.63) is 47.5 Å². The van der Waals surface area contributed by atoms with Gasteiger partial charge >= 0.3 is 0 Å². The lowest BCUT2D eigenvalue weighted by molar-refractivity contribution is 1.34. The van der Waals surface area contributed by atoms with Crippen molar-refractivity contribution in [1.82, 2.24) is 0 Å². The molecule has 0 saturated carbocycles. The van der Waals surface area contributed by atoms with Crippen LogP contribution in [0.3, 0.4) is 0 Å². The Kier molecular flexibility index (Phi) is 2.72. The fraction of sp³-hybridized carbons (Fsp3) is 0.125. The summed E-state index contributed by atoms with van der Waals surface area (Å²) in [5, 5.41) is 1.76. The van der Waals surface area contributed by atoms with Gasteiger partial charge in [-0.1, -0.05) is 36.4 Å². The van der Waals surface area contributed by atoms with E-state index in [1.807, 2.05) is 12.1 Å². The maximum absolute atomic E-state index is 6.04. The molecule has 0 aliphatic carbocycles. The van der Waals surface area contributed by atoms with Crippen molar-refractivity contribution >= 4 is 32.1 Å². The topological polar surface area (TPSA) is 52.0 Å². The normalized spacial score (nSPS) is 11.1. The molecular weight excluding hydrogens is 252 g/mol. The quantitative estimate of drug-likeness (QED) is 0.689. The van der Waals surface area contributed by atoms with E-state index in [9.17, 15) is 0 Å². The van der Waals surface area contributed by atoms with Crippen molar-refractivity contribution in [2.24, 2.45) is 0 Å². The van der Waals surface area contributed by atoms with Crippen LogP contribution in [0.4, 0.5) is 10.7 Å². The molecule has 0 radical (unpaired) electrons. The second-order valence-corrected chi connectivity index (χ2v) is 5.86. The average Bonchev–Trinajstić information content (AvgIpc) is 2.69. The number of fused-ring (bicyclic) bond motifs is 1. The molecule has 0 aliphatic heterocycles. The molecule has 3 rings (SSSR count). The molecule has 19 heavy (non-hydrogen) atoms. The van der Waals surface area contributed by atoms with Gasteiger partial charge in [-0.05, 0) is 36.1 Å². The molecule has 2 aromatic carbocycles. The molecule has 1 heterocycles. The lowest BCUT2D eigenvalue weighted by Gasteiger charge is -2.09. The molecule has 0 fully saturated rings. The zero-order chi connectivity index (χ0) is 13.6. The van der Waals surface area contributed by atoms with E-state index in [4.69, 9.17) is 11.5 Å². The van der Waals surface area contributed by atoms with Crippen LogP contribution in [0.25, 0.3) is 21.2 Å². The van der Waals surface area contributed by atoms with Crippen LogP contribution in [0.15, 0.2) is 36.4 Å². The highest BCUT2D eigenvalue weighted by Gasteiger charge is 2.13. The zero-order valence-corrected chi connectivity index (χ0v) is 11.8. The summed E-state index contributed by atoms with van der Waals surface area (Å²) in [6.07, 6.45) is 0. The molecule has 96 valence electrons. The average molecular weight is 268 g/mol. The third-order valence-corrected chi connectivity index (χ3v) is 4.76. The van der Waals surface area contributed by atoms with E-state index < -0.39 is 0 Å². The molecule has 3 aromatic rings. The number of rotatable bonds is 1. The third kappa shape index (κ3) is 1.78. The Bertz CT molecular complexity index is 772. The number of hydrogen-bond acceptors (Lipinski definition) is 3. The van der Waals surface area contributed by atoms with Gasteiger partial charge in [0.15, 0.2) is 0 Å². The van der Waals surface area contributed by atoms with E-state index in [2.05, 4.69) is 38.1 Å². The standard InChI is InChI=1S/C16H16N2S/c1-9-5-3-6-11(10(9)2)12-7-4-8-13-14(17)16(18)19-15(12)13/h3-8H,17-18H2,1-2H3. The summed E-state index contributed by atoms with van der Waals surface area (Å²) < 4.78 is 1.17. The summed E-state index contributed by atoms with van der Waals surface area (Å²) in [6.45, 7) is 4.29. The lowest BCUT2D eigenvalue weighted by atomic mass is 9.96. The Morgan fingerprint density at radius 2 is 1.58 bits per heavy atom. The van der Waals surface area contributed by atoms with E-state index in [-0.39, 0.29) is 0 Å². The minimum atomic E-state index is 0.701. The van der Waals surface area contributed by atoms with Crippen LogP contribution in [-0.2, 0) is 0 Å². The molecular formula is C16H16N2S. The molecule has 0 spiro atoms. The van der Waals surface area contributed by atoms with Crippen LogP contribution in [0, 0.1) is 13.8 Å². The summed E-state index contributed by atoms with van der Waals surface area (Å²) in [7, 11) is 0. The smallest absolute Gasteiger partial charge is 0.110 e. The first kappa shape index (κ1) is 12.1. The predicted octanol–water partition coefficient (Wildman–Crippen LogP) is 4.35. The van der Waals surface area contributed by atoms with E-state index >= 15 is 0 Å². The van der Waals surface area contributed by atoms with Gasteiger partial charge < -0.3 is 11.5 Å². The van der Waals surface area contributed by atoms with Crippen LogP contribution in [0.5, 0.6) is 0 Å². The summed E-state index contributed by atoms with van der Waals surface area (Å²) in [5.74, 6) is 0. The minimum Gasteiger partial charge on any atom is -0.396 e. The minimum absolute atomic E-state index is 0.701. The van der Waals surface area contributed by atoms with Crippen LogP contribution in [-0.4, -0.2) is 0 Å². The van der Waals surface area contributed by atoms with E-state index in [0.29, 0.717) is 10.7 Å². The van der Waals surface area contributed by atoms with Gasteiger partial charge in [-0.2, -0.15) is 0 Å². The molecule has 1 aromatic heterocycles. The second-order valence-electron chi connectivity index (χ2n) is 4.81. The maximum Gasteiger partial charge on any atom is 0.110 e. The SMILES string of the molecule is Cc1cccc(-c2cccc3c(N)c(N)sc23)c1C. The van der Waals surface area contributed by atoms with Gasteiger partial charge in [0.2, 0.25) is 0 Å². The van der Waals surface area contributed by atoms with Gasteiger partial charge in [-0.25, -0.2) is 0 Å². The molecule has 0 bridgehead atoms. The number of anilines is 2. The fourth-order valence-electron chi connectivity index (χ4n) is 2.41. The third-order valence-electron chi connectivity index (χ3n) is 3.68. The molecule has 0 amide bonds. The fourth-order valence-corrected chi connectivity index (χ4v) is 3.43. The molecule has 0 saturated heterocycles. The highest BCUT2D eigenvalue weighted by atomic mass is 32.1. The van der Waals surface area contributed by atoms with Crippen molar-refractivity contribution in [3.8, 4) is 11.1 Å². The molecule has 2 nitrogen and oxygen atoms in total. The first-order chi connectivity index (χ1) is 9.09. The van der Waals surface area contributed by atoms with Crippen LogP contribution in [0.2, 0.25) is 0 Å². The Hall–Kier alpha value is -2.00. The van der Waals surface area contributed by atoms with E-state index in [1.165, 1.54) is 27.0 Å². The monoisotopic (exact) mass is 268 g/mol. The molecule has 0 atom stereocenters. The summed E-state index contributed by atoms with van der Waals surface area (Å²) >= 11 is 1.57. The number of hydrogen-bond donors (Lipinski definition) is 2. The first-order valence-electron chi connectivity index (χ1n) is 6.22. The number of aryl methyl sites for hydroxylation is 1. The van der Waals surface area contributed by atoms with Crippen molar-refractivity contribution in [1.29, 1.82) is 0 Å². The van der Waals surface area contributed by atoms with Crippen LogP contribution < -0.4 is 11.5 Å². The zero-order valence-electron chi connectivity index (χ0n) is 11.0. The predicted molar refractivity (Wildman–Crippen MR) is 85.6 cm³/mol. The molecule has 0 aliphatic rings. The first-order valence-corrected chi connectivity index (χ1v) is 7.04. The highest BCUT2D eigenvalue weighted by molar-refractivity contribution is 7.24.